The fraction of sp³-hybridized carbons (Fsp3) is 0.737. The number of likely N-dealkylation sites (tertiary alicyclic amines) is 1. The molecule has 0 spiro atoms. The SMILES string of the molecule is NC(N)=NCCC[C@H](NC(=O)[C@@H]1CCCN1C(=O)C1(NC(=O)O)CCCC1)C(=O)CF. The zero-order valence-electron chi connectivity index (χ0n) is 17.4. The molecule has 2 rings (SSSR count). The van der Waals surface area contributed by atoms with Gasteiger partial charge in [-0.15, -0.1) is 0 Å². The number of ketones is 1. The first-order chi connectivity index (χ1) is 14.7. The second kappa shape index (κ2) is 10.9. The molecule has 1 heterocycles. The molecule has 0 unspecified atom stereocenters. The molecule has 1 saturated carbocycles. The van der Waals surface area contributed by atoms with Crippen LogP contribution in [0.25, 0.3) is 0 Å². The van der Waals surface area contributed by atoms with Gasteiger partial charge in [-0.25, -0.2) is 9.18 Å². The lowest BCUT2D eigenvalue weighted by molar-refractivity contribution is -0.144. The van der Waals surface area contributed by atoms with Crippen LogP contribution in [0.5, 0.6) is 0 Å². The molecule has 0 radical (unpaired) electrons. The number of carbonyl (C=O) groups is 4. The van der Waals surface area contributed by atoms with Gasteiger partial charge in [-0.2, -0.15) is 0 Å². The molecule has 0 aromatic heterocycles. The second-order valence-corrected chi connectivity index (χ2v) is 7.99. The molecule has 1 aliphatic carbocycles. The van der Waals surface area contributed by atoms with Gasteiger partial charge >= 0.3 is 6.09 Å². The quantitative estimate of drug-likeness (QED) is 0.174. The normalized spacial score (nSPS) is 20.7. The summed E-state index contributed by atoms with van der Waals surface area (Å²) in [6.07, 6.45) is 2.32. The Hall–Kier alpha value is -2.92. The van der Waals surface area contributed by atoms with Crippen molar-refractivity contribution in [3.63, 3.8) is 0 Å². The number of nitrogens with two attached hydrogens (primary N) is 2. The van der Waals surface area contributed by atoms with Crippen LogP contribution in [-0.2, 0) is 14.4 Å². The van der Waals surface area contributed by atoms with Crippen LogP contribution in [-0.4, -0.2) is 77.0 Å². The van der Waals surface area contributed by atoms with Gasteiger partial charge in [0.15, 0.2) is 11.7 Å². The largest absolute Gasteiger partial charge is 0.465 e. The molecule has 2 fully saturated rings. The van der Waals surface area contributed by atoms with E-state index in [1.54, 1.807) is 0 Å². The minimum absolute atomic E-state index is 0.103. The number of carbonyl (C=O) groups excluding carboxylic acids is 3. The van der Waals surface area contributed by atoms with Crippen molar-refractivity contribution < 1.29 is 28.7 Å². The first kappa shape index (κ1) is 24.4. The Balaban J connectivity index is 2.07. The van der Waals surface area contributed by atoms with Gasteiger partial charge in [0.1, 0.15) is 18.3 Å². The molecule has 1 aliphatic heterocycles. The predicted molar refractivity (Wildman–Crippen MR) is 110 cm³/mol. The molecule has 3 amide bonds. The van der Waals surface area contributed by atoms with Gasteiger partial charge in [0.2, 0.25) is 11.8 Å². The molecule has 1 saturated heterocycles. The number of Topliss-reactive ketones (excluding diaryl/α,β-unsaturated/α-hetero) is 1. The Labute approximate surface area is 179 Å². The van der Waals surface area contributed by atoms with E-state index in [0.29, 0.717) is 51.5 Å². The Morgan fingerprint density at radius 2 is 1.87 bits per heavy atom. The number of amides is 3. The van der Waals surface area contributed by atoms with E-state index < -0.39 is 48.0 Å². The third kappa shape index (κ3) is 6.28. The van der Waals surface area contributed by atoms with Crippen molar-refractivity contribution in [2.45, 2.75) is 69.0 Å². The Morgan fingerprint density at radius 3 is 2.45 bits per heavy atom. The Bertz CT molecular complexity index is 721. The van der Waals surface area contributed by atoms with Crippen molar-refractivity contribution in [1.82, 2.24) is 15.5 Å². The van der Waals surface area contributed by atoms with Crippen molar-refractivity contribution >= 4 is 29.7 Å². The zero-order valence-corrected chi connectivity index (χ0v) is 17.4. The summed E-state index contributed by atoms with van der Waals surface area (Å²) >= 11 is 0. The lowest BCUT2D eigenvalue weighted by Crippen LogP contribution is -2.61. The highest BCUT2D eigenvalue weighted by Crippen LogP contribution is 2.34. The maximum absolute atomic E-state index is 13.2. The van der Waals surface area contributed by atoms with Crippen LogP contribution in [0, 0.1) is 0 Å². The number of hydrogen-bond donors (Lipinski definition) is 5. The average molecular weight is 442 g/mol. The van der Waals surface area contributed by atoms with Gasteiger partial charge in [0.05, 0.1) is 6.04 Å². The molecule has 11 nitrogen and oxygen atoms in total. The third-order valence-corrected chi connectivity index (χ3v) is 5.81. The van der Waals surface area contributed by atoms with E-state index in [2.05, 4.69) is 15.6 Å². The van der Waals surface area contributed by atoms with Crippen molar-refractivity contribution in [2.75, 3.05) is 19.8 Å². The van der Waals surface area contributed by atoms with E-state index in [1.165, 1.54) is 4.90 Å². The highest BCUT2D eigenvalue weighted by Gasteiger charge is 2.48. The second-order valence-electron chi connectivity index (χ2n) is 7.99. The Kier molecular flexibility index (Phi) is 8.57. The van der Waals surface area contributed by atoms with Crippen molar-refractivity contribution in [3.05, 3.63) is 0 Å². The fourth-order valence-corrected chi connectivity index (χ4v) is 4.31. The number of nitrogens with one attached hydrogen (secondary N) is 2. The lowest BCUT2D eigenvalue weighted by atomic mass is 9.95. The molecule has 31 heavy (non-hydrogen) atoms. The van der Waals surface area contributed by atoms with Crippen LogP contribution >= 0.6 is 0 Å². The van der Waals surface area contributed by atoms with Gasteiger partial charge in [-0.1, -0.05) is 12.8 Å². The number of carboxylic acid groups (broad SMARTS) is 1. The summed E-state index contributed by atoms with van der Waals surface area (Å²) in [4.78, 5) is 54.5. The molecular weight excluding hydrogens is 411 g/mol. The van der Waals surface area contributed by atoms with Crippen LogP contribution in [0.3, 0.4) is 0 Å². The lowest BCUT2D eigenvalue weighted by Gasteiger charge is -2.35. The standard InChI is InChI=1S/C19H31FN6O5/c20-11-14(27)12(5-3-9-23-17(21)22)24-15(28)13-6-4-10-26(13)16(29)19(25-18(30)31)7-1-2-8-19/h12-13,25H,1-11H2,(H,24,28)(H,30,31)(H4,21,22,23)/t12-,13-/m0/s1. The maximum Gasteiger partial charge on any atom is 0.405 e. The summed E-state index contributed by atoms with van der Waals surface area (Å²) in [5.41, 5.74) is 9.26. The fourth-order valence-electron chi connectivity index (χ4n) is 4.31. The van der Waals surface area contributed by atoms with Crippen molar-refractivity contribution in [3.8, 4) is 0 Å². The number of nitrogens with zero attached hydrogens (tertiary/aromatic N) is 2. The van der Waals surface area contributed by atoms with Crippen molar-refractivity contribution in [1.29, 1.82) is 0 Å². The monoisotopic (exact) mass is 442 g/mol. The summed E-state index contributed by atoms with van der Waals surface area (Å²) in [7, 11) is 0. The molecular formula is C19H31FN6O5. The van der Waals surface area contributed by atoms with Crippen LogP contribution in [0.1, 0.15) is 51.4 Å². The van der Waals surface area contributed by atoms with Crippen LogP contribution in [0.4, 0.5) is 9.18 Å². The third-order valence-electron chi connectivity index (χ3n) is 5.81. The Morgan fingerprint density at radius 1 is 1.19 bits per heavy atom. The minimum Gasteiger partial charge on any atom is -0.465 e. The number of aliphatic imine (C=N–C) groups is 1. The van der Waals surface area contributed by atoms with Crippen LogP contribution in [0.2, 0.25) is 0 Å². The predicted octanol–water partition coefficient (Wildman–Crippen LogP) is -0.365. The van der Waals surface area contributed by atoms with Gasteiger partial charge in [0, 0.05) is 13.1 Å². The molecule has 12 heteroatoms. The summed E-state index contributed by atoms with van der Waals surface area (Å²) in [6, 6.07) is -1.89. The topological polar surface area (TPSA) is 180 Å². The molecule has 174 valence electrons. The molecule has 0 aromatic rings. The van der Waals surface area contributed by atoms with Crippen molar-refractivity contribution in [2.24, 2.45) is 16.5 Å². The summed E-state index contributed by atoms with van der Waals surface area (Å²) < 4.78 is 13.0. The number of hydrogen-bond acceptors (Lipinski definition) is 5. The van der Waals surface area contributed by atoms with E-state index in [9.17, 15) is 28.7 Å². The molecule has 7 N–H and O–H groups in total. The minimum atomic E-state index is -1.29. The zero-order chi connectivity index (χ0) is 23.0. The summed E-state index contributed by atoms with van der Waals surface area (Å²) in [5, 5.41) is 14.1. The summed E-state index contributed by atoms with van der Waals surface area (Å²) in [6.45, 7) is -0.690. The van der Waals surface area contributed by atoms with E-state index in [-0.39, 0.29) is 18.9 Å². The molecule has 0 aromatic carbocycles. The first-order valence-electron chi connectivity index (χ1n) is 10.5. The van der Waals surface area contributed by atoms with Crippen LogP contribution < -0.4 is 22.1 Å². The number of alkyl halides is 1. The van der Waals surface area contributed by atoms with Gasteiger partial charge in [0.25, 0.3) is 0 Å². The highest BCUT2D eigenvalue weighted by atomic mass is 19.1. The molecule has 0 bridgehead atoms. The molecule has 2 atom stereocenters. The van der Waals surface area contributed by atoms with E-state index in [4.69, 9.17) is 11.5 Å². The van der Waals surface area contributed by atoms with Crippen LogP contribution in [0.15, 0.2) is 4.99 Å². The smallest absolute Gasteiger partial charge is 0.405 e. The van der Waals surface area contributed by atoms with Gasteiger partial charge in [-0.3, -0.25) is 19.4 Å². The van der Waals surface area contributed by atoms with Gasteiger partial charge in [-0.05, 0) is 38.5 Å². The number of guanidine groups is 1. The average Bonchev–Trinajstić information content (AvgIpc) is 3.38. The van der Waals surface area contributed by atoms with E-state index in [0.717, 1.165) is 0 Å². The maximum atomic E-state index is 13.2. The molecule has 2 aliphatic rings. The number of rotatable bonds is 10. The highest BCUT2D eigenvalue weighted by molar-refractivity contribution is 5.96. The van der Waals surface area contributed by atoms with E-state index >= 15 is 0 Å². The number of halogens is 1. The first-order valence-corrected chi connectivity index (χ1v) is 10.5. The van der Waals surface area contributed by atoms with Gasteiger partial charge < -0.3 is 32.1 Å². The summed E-state index contributed by atoms with van der Waals surface area (Å²) in [5.74, 6) is -1.85. The van der Waals surface area contributed by atoms with E-state index in [1.807, 2.05) is 0 Å².